The zero-order valence-corrected chi connectivity index (χ0v) is 8.41. The highest BCUT2D eigenvalue weighted by molar-refractivity contribution is 5.35. The third-order valence-corrected chi connectivity index (χ3v) is 2.05. The van der Waals surface area contributed by atoms with Gasteiger partial charge < -0.3 is 9.73 Å². The molecule has 0 amide bonds. The smallest absolute Gasteiger partial charge is 0.168 e. The molecule has 2 rings (SSSR count). The van der Waals surface area contributed by atoms with Crippen molar-refractivity contribution in [3.63, 3.8) is 0 Å². The Morgan fingerprint density at radius 1 is 1.38 bits per heavy atom. The Morgan fingerprint density at radius 3 is 2.94 bits per heavy atom. The predicted octanol–water partition coefficient (Wildman–Crippen LogP) is 2.61. The van der Waals surface area contributed by atoms with E-state index in [4.69, 9.17) is 4.42 Å². The lowest BCUT2D eigenvalue weighted by molar-refractivity contribution is 0.512. The van der Waals surface area contributed by atoms with Crippen LogP contribution < -0.4 is 5.32 Å². The summed E-state index contributed by atoms with van der Waals surface area (Å²) in [6.07, 6.45) is 3.16. The van der Waals surface area contributed by atoms with E-state index >= 15 is 0 Å². The molecule has 2 aromatic heterocycles. The summed E-state index contributed by atoms with van der Waals surface area (Å²) in [6.45, 7) is 0.475. The number of nitrogens with one attached hydrogen (secondary N) is 1. The van der Waals surface area contributed by atoms with Gasteiger partial charge in [-0.05, 0) is 12.1 Å². The van der Waals surface area contributed by atoms with Crippen LogP contribution in [-0.2, 0) is 6.42 Å². The molecular weight excluding hydrogens is 214 g/mol. The number of hydrogen-bond donors (Lipinski definition) is 1. The maximum Gasteiger partial charge on any atom is 0.168 e. The summed E-state index contributed by atoms with van der Waals surface area (Å²) in [5, 5.41) is 2.77. The quantitative estimate of drug-likeness (QED) is 0.867. The fourth-order valence-electron chi connectivity index (χ4n) is 1.30. The van der Waals surface area contributed by atoms with Crippen LogP contribution in [0.3, 0.4) is 0 Å². The standard InChI is InChI=1S/C11H10F2N2O/c12-8-6-10(13)11(15-7-8)14-4-3-9-2-1-5-16-9/h1-2,5-7H,3-4H2,(H,14,15). The number of pyridine rings is 1. The number of anilines is 1. The third-order valence-electron chi connectivity index (χ3n) is 2.05. The van der Waals surface area contributed by atoms with Gasteiger partial charge in [-0.1, -0.05) is 0 Å². The molecule has 1 N–H and O–H groups in total. The Kier molecular flexibility index (Phi) is 3.14. The Bertz CT molecular complexity index is 457. The number of rotatable bonds is 4. The highest BCUT2D eigenvalue weighted by atomic mass is 19.1. The lowest BCUT2D eigenvalue weighted by atomic mass is 10.3. The van der Waals surface area contributed by atoms with Gasteiger partial charge in [0.05, 0.1) is 12.5 Å². The minimum absolute atomic E-state index is 0.0490. The molecule has 16 heavy (non-hydrogen) atoms. The van der Waals surface area contributed by atoms with E-state index in [9.17, 15) is 8.78 Å². The molecule has 84 valence electrons. The van der Waals surface area contributed by atoms with Crippen LogP contribution >= 0.6 is 0 Å². The summed E-state index contributed by atoms with van der Waals surface area (Å²) in [4.78, 5) is 3.60. The normalized spacial score (nSPS) is 10.4. The van der Waals surface area contributed by atoms with E-state index in [1.54, 1.807) is 12.3 Å². The lowest BCUT2D eigenvalue weighted by Crippen LogP contribution is -2.07. The molecule has 0 aromatic carbocycles. The highest BCUT2D eigenvalue weighted by Gasteiger charge is 2.04. The first-order valence-electron chi connectivity index (χ1n) is 4.83. The van der Waals surface area contributed by atoms with Crippen LogP contribution in [0.1, 0.15) is 5.76 Å². The van der Waals surface area contributed by atoms with Crippen LogP contribution in [0.5, 0.6) is 0 Å². The molecular formula is C11H10F2N2O. The van der Waals surface area contributed by atoms with E-state index in [0.29, 0.717) is 13.0 Å². The first-order valence-corrected chi connectivity index (χ1v) is 4.83. The van der Waals surface area contributed by atoms with Crippen LogP contribution in [0.15, 0.2) is 35.1 Å². The summed E-state index contributed by atoms with van der Waals surface area (Å²) < 4.78 is 30.8. The average molecular weight is 224 g/mol. The summed E-state index contributed by atoms with van der Waals surface area (Å²) in [5.74, 6) is -0.531. The number of furan rings is 1. The van der Waals surface area contributed by atoms with Gasteiger partial charge in [0.15, 0.2) is 11.6 Å². The molecule has 0 atom stereocenters. The maximum absolute atomic E-state index is 13.1. The Labute approximate surface area is 91.1 Å². The molecule has 0 radical (unpaired) electrons. The van der Waals surface area contributed by atoms with E-state index in [-0.39, 0.29) is 5.82 Å². The summed E-state index contributed by atoms with van der Waals surface area (Å²) in [5.41, 5.74) is 0. The van der Waals surface area contributed by atoms with Crippen LogP contribution in [0.4, 0.5) is 14.6 Å². The topological polar surface area (TPSA) is 38.1 Å². The van der Waals surface area contributed by atoms with Crippen molar-refractivity contribution in [3.8, 4) is 0 Å². The van der Waals surface area contributed by atoms with Crippen molar-refractivity contribution in [2.75, 3.05) is 11.9 Å². The van der Waals surface area contributed by atoms with E-state index in [2.05, 4.69) is 10.3 Å². The monoisotopic (exact) mass is 224 g/mol. The first-order chi connectivity index (χ1) is 7.75. The Morgan fingerprint density at radius 2 is 2.25 bits per heavy atom. The molecule has 0 unspecified atom stereocenters. The Balaban J connectivity index is 1.90. The van der Waals surface area contributed by atoms with Crippen molar-refractivity contribution in [3.05, 3.63) is 48.1 Å². The Hall–Kier alpha value is -1.91. The van der Waals surface area contributed by atoms with Crippen LogP contribution in [0, 0.1) is 11.6 Å². The van der Waals surface area contributed by atoms with E-state index in [1.807, 2.05) is 6.07 Å². The fraction of sp³-hybridized carbons (Fsp3) is 0.182. The average Bonchev–Trinajstić information content (AvgIpc) is 2.74. The minimum Gasteiger partial charge on any atom is -0.469 e. The van der Waals surface area contributed by atoms with Gasteiger partial charge >= 0.3 is 0 Å². The summed E-state index contributed by atoms with van der Waals surface area (Å²) >= 11 is 0. The second kappa shape index (κ2) is 4.74. The van der Waals surface area contributed by atoms with Crippen LogP contribution in [0.2, 0.25) is 0 Å². The van der Waals surface area contributed by atoms with Gasteiger partial charge in [-0.3, -0.25) is 0 Å². The molecule has 0 bridgehead atoms. The van der Waals surface area contributed by atoms with Crippen molar-refractivity contribution in [1.29, 1.82) is 0 Å². The van der Waals surface area contributed by atoms with Gasteiger partial charge in [-0.25, -0.2) is 13.8 Å². The largest absolute Gasteiger partial charge is 0.469 e. The van der Waals surface area contributed by atoms with Gasteiger partial charge in [0, 0.05) is 19.0 Å². The third kappa shape index (κ3) is 2.56. The molecule has 0 spiro atoms. The molecule has 0 aliphatic rings. The number of nitrogens with zero attached hydrogens (tertiary/aromatic N) is 1. The van der Waals surface area contributed by atoms with Gasteiger partial charge in [-0.15, -0.1) is 0 Å². The van der Waals surface area contributed by atoms with Gasteiger partial charge in [0.1, 0.15) is 11.6 Å². The van der Waals surface area contributed by atoms with Gasteiger partial charge in [0.25, 0.3) is 0 Å². The molecule has 0 aliphatic heterocycles. The second-order valence-corrected chi connectivity index (χ2v) is 3.24. The minimum atomic E-state index is -0.695. The SMILES string of the molecule is Fc1cnc(NCCc2ccco2)c(F)c1. The van der Waals surface area contributed by atoms with E-state index in [0.717, 1.165) is 18.0 Å². The number of halogens is 2. The fourth-order valence-corrected chi connectivity index (χ4v) is 1.30. The van der Waals surface area contributed by atoms with Crippen molar-refractivity contribution >= 4 is 5.82 Å². The van der Waals surface area contributed by atoms with Crippen LogP contribution in [-0.4, -0.2) is 11.5 Å². The first kappa shape index (κ1) is 10.6. The molecule has 2 aromatic rings. The van der Waals surface area contributed by atoms with Crippen molar-refractivity contribution in [2.45, 2.75) is 6.42 Å². The lowest BCUT2D eigenvalue weighted by Gasteiger charge is -2.04. The molecule has 3 nitrogen and oxygen atoms in total. The summed E-state index contributed by atoms with van der Waals surface area (Å²) in [7, 11) is 0. The summed E-state index contributed by atoms with van der Waals surface area (Å²) in [6, 6.07) is 4.41. The molecule has 5 heteroatoms. The van der Waals surface area contributed by atoms with Gasteiger partial charge in [0.2, 0.25) is 0 Å². The second-order valence-electron chi connectivity index (χ2n) is 3.24. The zero-order valence-electron chi connectivity index (χ0n) is 8.41. The molecule has 0 saturated carbocycles. The van der Waals surface area contributed by atoms with E-state index in [1.165, 1.54) is 0 Å². The van der Waals surface area contributed by atoms with Gasteiger partial charge in [-0.2, -0.15) is 0 Å². The predicted molar refractivity (Wildman–Crippen MR) is 55.1 cm³/mol. The molecule has 0 aliphatic carbocycles. The van der Waals surface area contributed by atoms with Crippen molar-refractivity contribution < 1.29 is 13.2 Å². The molecule has 0 saturated heterocycles. The van der Waals surface area contributed by atoms with E-state index < -0.39 is 11.6 Å². The maximum atomic E-state index is 13.1. The van der Waals surface area contributed by atoms with Crippen LogP contribution in [0.25, 0.3) is 0 Å². The molecule has 0 fully saturated rings. The number of hydrogen-bond acceptors (Lipinski definition) is 3. The van der Waals surface area contributed by atoms with Crippen molar-refractivity contribution in [2.24, 2.45) is 0 Å². The zero-order chi connectivity index (χ0) is 11.4. The number of aromatic nitrogens is 1. The highest BCUT2D eigenvalue weighted by Crippen LogP contribution is 2.11. The molecule has 2 heterocycles. The van der Waals surface area contributed by atoms with Crippen molar-refractivity contribution in [1.82, 2.24) is 4.98 Å².